The highest BCUT2D eigenvalue weighted by Gasteiger charge is 2.23. The Morgan fingerprint density at radius 3 is 2.52 bits per heavy atom. The van der Waals surface area contributed by atoms with E-state index in [1.165, 1.54) is 6.20 Å². The maximum Gasteiger partial charge on any atom is 0.269 e. The van der Waals surface area contributed by atoms with Crippen LogP contribution in [-0.4, -0.2) is 52.6 Å². The standard InChI is InChI=1S/C23H24ClN5O2/c24-19-14-17(16-4-2-1-3-5-16)6-7-20(19)27-18-9-12-29(13-10-18)22(30)15-25-23(31)21-8-11-26-28-21/h1-8,11,14,18,27H,9-10,12-13,15H2,(H,25,31)(H,26,28). The van der Waals surface area contributed by atoms with Crippen LogP contribution in [0, 0.1) is 0 Å². The van der Waals surface area contributed by atoms with Gasteiger partial charge in [0.1, 0.15) is 5.69 Å². The number of aromatic nitrogens is 2. The summed E-state index contributed by atoms with van der Waals surface area (Å²) in [4.78, 5) is 26.1. The van der Waals surface area contributed by atoms with Gasteiger partial charge in [0, 0.05) is 25.3 Å². The number of H-pyrrole nitrogens is 1. The van der Waals surface area contributed by atoms with Gasteiger partial charge in [0.15, 0.2) is 0 Å². The van der Waals surface area contributed by atoms with Crippen LogP contribution in [0.2, 0.25) is 5.02 Å². The first-order chi connectivity index (χ1) is 15.1. The molecule has 0 atom stereocenters. The molecule has 0 aliphatic carbocycles. The lowest BCUT2D eigenvalue weighted by Gasteiger charge is -2.33. The van der Waals surface area contributed by atoms with E-state index in [1.54, 1.807) is 11.0 Å². The van der Waals surface area contributed by atoms with Crippen molar-refractivity contribution in [2.24, 2.45) is 0 Å². The molecule has 2 aromatic carbocycles. The van der Waals surface area contributed by atoms with Crippen LogP contribution in [0.3, 0.4) is 0 Å². The number of carbonyl (C=O) groups excluding carboxylic acids is 2. The molecule has 0 bridgehead atoms. The van der Waals surface area contributed by atoms with Gasteiger partial charge in [0.25, 0.3) is 5.91 Å². The lowest BCUT2D eigenvalue weighted by molar-refractivity contribution is -0.131. The highest BCUT2D eigenvalue weighted by Crippen LogP contribution is 2.30. The van der Waals surface area contributed by atoms with Crippen LogP contribution in [-0.2, 0) is 4.79 Å². The maximum absolute atomic E-state index is 12.4. The fourth-order valence-corrected chi connectivity index (χ4v) is 3.92. The van der Waals surface area contributed by atoms with Gasteiger partial charge in [-0.15, -0.1) is 0 Å². The van der Waals surface area contributed by atoms with Crippen LogP contribution in [0.5, 0.6) is 0 Å². The van der Waals surface area contributed by atoms with Crippen LogP contribution >= 0.6 is 11.6 Å². The van der Waals surface area contributed by atoms with Crippen molar-refractivity contribution in [1.82, 2.24) is 20.4 Å². The first kappa shape index (κ1) is 20.9. The second kappa shape index (κ2) is 9.66. The van der Waals surface area contributed by atoms with Crippen molar-refractivity contribution in [1.29, 1.82) is 0 Å². The second-order valence-corrected chi connectivity index (χ2v) is 7.92. The number of aromatic amines is 1. The molecular formula is C23H24ClN5O2. The summed E-state index contributed by atoms with van der Waals surface area (Å²) >= 11 is 6.52. The second-order valence-electron chi connectivity index (χ2n) is 7.51. The lowest BCUT2D eigenvalue weighted by atomic mass is 10.0. The Morgan fingerprint density at radius 2 is 1.84 bits per heavy atom. The van der Waals surface area contributed by atoms with Gasteiger partial charge in [0.05, 0.1) is 17.3 Å². The molecule has 2 amide bonds. The summed E-state index contributed by atoms with van der Waals surface area (Å²) in [6.45, 7) is 1.25. The van der Waals surface area contributed by atoms with Gasteiger partial charge in [-0.2, -0.15) is 5.10 Å². The Balaban J connectivity index is 1.26. The van der Waals surface area contributed by atoms with E-state index in [0.717, 1.165) is 29.7 Å². The van der Waals surface area contributed by atoms with Crippen molar-refractivity contribution >= 4 is 29.1 Å². The van der Waals surface area contributed by atoms with E-state index in [4.69, 9.17) is 11.6 Å². The van der Waals surface area contributed by atoms with E-state index in [9.17, 15) is 9.59 Å². The minimum absolute atomic E-state index is 0.0251. The molecule has 1 aliphatic rings. The summed E-state index contributed by atoms with van der Waals surface area (Å²) < 4.78 is 0. The summed E-state index contributed by atoms with van der Waals surface area (Å²) in [6.07, 6.45) is 3.13. The predicted octanol–water partition coefficient (Wildman–Crippen LogP) is 3.56. The average molecular weight is 438 g/mol. The largest absolute Gasteiger partial charge is 0.381 e. The van der Waals surface area contributed by atoms with E-state index in [-0.39, 0.29) is 24.4 Å². The normalized spacial score (nSPS) is 14.3. The third-order valence-corrected chi connectivity index (χ3v) is 5.74. The van der Waals surface area contributed by atoms with Crippen LogP contribution < -0.4 is 10.6 Å². The van der Waals surface area contributed by atoms with Crippen molar-refractivity contribution in [2.45, 2.75) is 18.9 Å². The lowest BCUT2D eigenvalue weighted by Crippen LogP contribution is -2.46. The molecule has 8 heteroatoms. The van der Waals surface area contributed by atoms with Crippen molar-refractivity contribution in [2.75, 3.05) is 25.0 Å². The number of anilines is 1. The van der Waals surface area contributed by atoms with E-state index in [0.29, 0.717) is 23.8 Å². The van der Waals surface area contributed by atoms with Crippen LogP contribution in [0.25, 0.3) is 11.1 Å². The third-order valence-electron chi connectivity index (χ3n) is 5.43. The van der Waals surface area contributed by atoms with Crippen molar-refractivity contribution in [3.63, 3.8) is 0 Å². The number of benzene rings is 2. The summed E-state index contributed by atoms with van der Waals surface area (Å²) in [5, 5.41) is 13.1. The molecule has 1 aromatic heterocycles. The van der Waals surface area contributed by atoms with Crippen LogP contribution in [0.1, 0.15) is 23.3 Å². The van der Waals surface area contributed by atoms with Crippen LogP contribution in [0.4, 0.5) is 5.69 Å². The zero-order chi connectivity index (χ0) is 21.6. The Morgan fingerprint density at radius 1 is 1.06 bits per heavy atom. The molecule has 2 heterocycles. The minimum Gasteiger partial charge on any atom is -0.381 e. The fourth-order valence-electron chi connectivity index (χ4n) is 3.68. The highest BCUT2D eigenvalue weighted by atomic mass is 35.5. The Hall–Kier alpha value is -3.32. The van der Waals surface area contributed by atoms with Gasteiger partial charge < -0.3 is 15.5 Å². The molecule has 0 saturated carbocycles. The zero-order valence-corrected chi connectivity index (χ0v) is 17.7. The van der Waals surface area contributed by atoms with Crippen LogP contribution in [0.15, 0.2) is 60.8 Å². The topological polar surface area (TPSA) is 90.1 Å². The molecule has 1 aliphatic heterocycles. The molecule has 0 radical (unpaired) electrons. The molecule has 7 nitrogen and oxygen atoms in total. The first-order valence-electron chi connectivity index (χ1n) is 10.3. The van der Waals surface area contributed by atoms with Gasteiger partial charge in [-0.1, -0.05) is 48.0 Å². The number of piperidine rings is 1. The van der Waals surface area contributed by atoms with Gasteiger partial charge in [-0.05, 0) is 42.2 Å². The van der Waals surface area contributed by atoms with Gasteiger partial charge >= 0.3 is 0 Å². The molecule has 160 valence electrons. The number of hydrogen-bond donors (Lipinski definition) is 3. The number of amides is 2. The Bertz CT molecular complexity index is 1030. The van der Waals surface area contributed by atoms with E-state index in [1.807, 2.05) is 30.3 Å². The molecule has 1 fully saturated rings. The van der Waals surface area contributed by atoms with Crippen molar-refractivity contribution in [3.05, 3.63) is 71.5 Å². The molecule has 0 spiro atoms. The quantitative estimate of drug-likeness (QED) is 0.550. The van der Waals surface area contributed by atoms with E-state index in [2.05, 4.69) is 39.0 Å². The first-order valence-corrected chi connectivity index (χ1v) is 10.6. The Labute approximate surface area is 185 Å². The predicted molar refractivity (Wildman–Crippen MR) is 121 cm³/mol. The number of rotatable bonds is 6. The molecule has 3 aromatic rings. The molecule has 3 N–H and O–H groups in total. The van der Waals surface area contributed by atoms with Gasteiger partial charge in [-0.25, -0.2) is 0 Å². The highest BCUT2D eigenvalue weighted by molar-refractivity contribution is 6.33. The molecule has 4 rings (SSSR count). The smallest absolute Gasteiger partial charge is 0.269 e. The molecule has 0 unspecified atom stereocenters. The monoisotopic (exact) mass is 437 g/mol. The average Bonchev–Trinajstić information content (AvgIpc) is 3.35. The number of nitrogens with zero attached hydrogens (tertiary/aromatic N) is 2. The van der Waals surface area contributed by atoms with E-state index >= 15 is 0 Å². The number of carbonyl (C=O) groups is 2. The minimum atomic E-state index is -0.337. The Kier molecular flexibility index (Phi) is 6.52. The number of halogens is 1. The summed E-state index contributed by atoms with van der Waals surface area (Å²) in [7, 11) is 0. The molecule has 1 saturated heterocycles. The SMILES string of the molecule is O=C(NCC(=O)N1CCC(Nc2ccc(-c3ccccc3)cc2Cl)CC1)c1ccn[nH]1. The van der Waals surface area contributed by atoms with Crippen molar-refractivity contribution < 1.29 is 9.59 Å². The zero-order valence-electron chi connectivity index (χ0n) is 17.0. The van der Waals surface area contributed by atoms with Crippen molar-refractivity contribution in [3.8, 4) is 11.1 Å². The fraction of sp³-hybridized carbons (Fsp3) is 0.261. The summed E-state index contributed by atoms with van der Waals surface area (Å²) in [5.74, 6) is -0.424. The van der Waals surface area contributed by atoms with Gasteiger partial charge in [-0.3, -0.25) is 14.7 Å². The number of nitrogens with one attached hydrogen (secondary N) is 3. The van der Waals surface area contributed by atoms with Gasteiger partial charge in [0.2, 0.25) is 5.91 Å². The number of likely N-dealkylation sites (tertiary alicyclic amines) is 1. The van der Waals surface area contributed by atoms with E-state index < -0.39 is 0 Å². The number of hydrogen-bond acceptors (Lipinski definition) is 4. The molecular weight excluding hydrogens is 414 g/mol. The summed E-state index contributed by atoms with van der Waals surface area (Å²) in [6, 6.07) is 18.0. The summed E-state index contributed by atoms with van der Waals surface area (Å²) in [5.41, 5.74) is 3.44. The maximum atomic E-state index is 12.4. The molecule has 31 heavy (non-hydrogen) atoms. The third kappa shape index (κ3) is 5.24.